The first-order valence-corrected chi connectivity index (χ1v) is 24.1. The van der Waals surface area contributed by atoms with Crippen LogP contribution in [0.15, 0.2) is 24.3 Å². The highest BCUT2D eigenvalue weighted by molar-refractivity contribution is 7.98. The van der Waals surface area contributed by atoms with Crippen LogP contribution in [-0.4, -0.2) is 165 Å². The highest BCUT2D eigenvalue weighted by Crippen LogP contribution is 2.14. The third-order valence-corrected chi connectivity index (χ3v) is 11.1. The summed E-state index contributed by atoms with van der Waals surface area (Å²) in [6, 6.07) is -6.47. The van der Waals surface area contributed by atoms with E-state index in [-0.39, 0.29) is 43.8 Å². The van der Waals surface area contributed by atoms with E-state index < -0.39 is 158 Å². The Kier molecular flexibility index (Phi) is 28.0. The van der Waals surface area contributed by atoms with Crippen molar-refractivity contribution in [2.45, 2.75) is 127 Å². The highest BCUT2D eigenvalue weighted by atomic mass is 32.2. The smallest absolute Gasteiger partial charge is 0.326 e. The monoisotopic (exact) mass is 1040 g/mol. The Hall–Kier alpha value is -7.07. The number of benzene rings is 1. The first kappa shape index (κ1) is 62.9. The minimum atomic E-state index is -1.70. The average Bonchev–Trinajstić information content (AvgIpc) is 3.29. The van der Waals surface area contributed by atoms with Gasteiger partial charge in [-0.3, -0.25) is 52.7 Å². The molecule has 0 aliphatic carbocycles. The number of hydrogen-bond donors (Lipinski definition) is 15. The van der Waals surface area contributed by atoms with Crippen molar-refractivity contribution in [3.05, 3.63) is 29.8 Å². The molecule has 0 heterocycles. The topological polar surface area (TPSA) is 460 Å². The van der Waals surface area contributed by atoms with Gasteiger partial charge in [-0.05, 0) is 67.2 Å². The maximum Gasteiger partial charge on any atom is 0.326 e. The van der Waals surface area contributed by atoms with Gasteiger partial charge < -0.3 is 80.2 Å². The van der Waals surface area contributed by atoms with Crippen LogP contribution in [0.2, 0.25) is 0 Å². The number of rotatable bonds is 34. The van der Waals surface area contributed by atoms with Crippen molar-refractivity contribution < 1.29 is 78.0 Å². The van der Waals surface area contributed by atoms with E-state index in [1.165, 1.54) is 49.9 Å². The third-order valence-electron chi connectivity index (χ3n) is 10.4. The second-order valence-corrected chi connectivity index (χ2v) is 18.4. The number of aliphatic carboxylic acids is 2. The molecule has 402 valence electrons. The minimum absolute atomic E-state index is 0.0174. The van der Waals surface area contributed by atoms with Crippen LogP contribution < -0.4 is 59.7 Å². The van der Waals surface area contributed by atoms with Crippen LogP contribution in [0.5, 0.6) is 5.75 Å². The van der Waals surface area contributed by atoms with Crippen LogP contribution in [0.1, 0.15) is 78.2 Å². The second-order valence-electron chi connectivity index (χ2n) is 17.4. The number of phenolic OH excluding ortho intramolecular Hbond substituents is 1. The molecule has 27 nitrogen and oxygen atoms in total. The lowest BCUT2D eigenvalue weighted by Gasteiger charge is -2.28. The van der Waals surface area contributed by atoms with Crippen molar-refractivity contribution >= 4 is 82.8 Å². The van der Waals surface area contributed by atoms with Gasteiger partial charge in [-0.1, -0.05) is 39.8 Å². The Balaban J connectivity index is 3.38. The Morgan fingerprint density at radius 1 is 0.597 bits per heavy atom. The van der Waals surface area contributed by atoms with Crippen LogP contribution in [-0.2, 0) is 64.0 Å². The number of aliphatic hydroxyl groups is 1. The molecular formula is C44H69N11O16S. The molecule has 0 saturated carbocycles. The van der Waals surface area contributed by atoms with Crippen molar-refractivity contribution in [1.29, 1.82) is 0 Å². The van der Waals surface area contributed by atoms with Gasteiger partial charge in [0.15, 0.2) is 0 Å². The fourth-order valence-electron chi connectivity index (χ4n) is 6.53. The number of primary amides is 2. The molecule has 0 bridgehead atoms. The number of carboxylic acids is 2. The van der Waals surface area contributed by atoms with Gasteiger partial charge in [0.05, 0.1) is 25.6 Å². The molecule has 1 rings (SSSR count). The van der Waals surface area contributed by atoms with Gasteiger partial charge in [-0.25, -0.2) is 4.79 Å². The fourth-order valence-corrected chi connectivity index (χ4v) is 7.00. The van der Waals surface area contributed by atoms with Crippen LogP contribution in [0.3, 0.4) is 0 Å². The lowest BCUT2D eigenvalue weighted by molar-refractivity contribution is -0.143. The molecule has 0 saturated heterocycles. The number of aliphatic hydroxyl groups excluding tert-OH is 1. The number of phenols is 1. The first-order chi connectivity index (χ1) is 33.7. The van der Waals surface area contributed by atoms with Crippen LogP contribution in [0, 0.1) is 11.8 Å². The molecule has 0 spiro atoms. The lowest BCUT2D eigenvalue weighted by atomic mass is 9.99. The first-order valence-electron chi connectivity index (χ1n) is 22.7. The van der Waals surface area contributed by atoms with Crippen molar-refractivity contribution in [2.75, 3.05) is 25.2 Å². The number of nitrogens with one attached hydrogen (secondary N) is 8. The van der Waals surface area contributed by atoms with E-state index in [9.17, 15) is 78.0 Å². The Bertz CT molecular complexity index is 2080. The fraction of sp³-hybridized carbons (Fsp3) is 0.591. The maximum absolute atomic E-state index is 14.1. The zero-order valence-corrected chi connectivity index (χ0v) is 41.5. The Morgan fingerprint density at radius 2 is 1.12 bits per heavy atom. The number of amides is 10. The summed E-state index contributed by atoms with van der Waals surface area (Å²) in [5, 5.41) is 57.6. The normalized spacial score (nSPS) is 14.3. The van der Waals surface area contributed by atoms with Gasteiger partial charge in [0.1, 0.15) is 48.0 Å². The summed E-state index contributed by atoms with van der Waals surface area (Å²) in [4.78, 5) is 153. The van der Waals surface area contributed by atoms with E-state index in [4.69, 9.17) is 17.2 Å². The summed E-state index contributed by atoms with van der Waals surface area (Å²) in [6.07, 6.45) is -0.906. The van der Waals surface area contributed by atoms with E-state index in [2.05, 4.69) is 42.5 Å². The number of nitrogens with two attached hydrogens (primary N) is 3. The summed E-state index contributed by atoms with van der Waals surface area (Å²) in [7, 11) is 0. The molecule has 72 heavy (non-hydrogen) atoms. The molecule has 18 N–H and O–H groups in total. The molecule has 0 aliphatic rings. The molecule has 10 amide bonds. The predicted molar refractivity (Wildman–Crippen MR) is 257 cm³/mol. The lowest BCUT2D eigenvalue weighted by Crippen LogP contribution is -2.61. The molecule has 0 radical (unpaired) electrons. The summed E-state index contributed by atoms with van der Waals surface area (Å²) in [5.74, 6) is -13.2. The number of carbonyl (C=O) groups excluding carboxylic acids is 10. The zero-order valence-electron chi connectivity index (χ0n) is 40.7. The van der Waals surface area contributed by atoms with Crippen molar-refractivity contribution in [3.63, 3.8) is 0 Å². The predicted octanol–water partition coefficient (Wildman–Crippen LogP) is -4.69. The van der Waals surface area contributed by atoms with E-state index >= 15 is 0 Å². The van der Waals surface area contributed by atoms with Crippen molar-refractivity contribution in [3.8, 4) is 5.75 Å². The maximum atomic E-state index is 14.1. The largest absolute Gasteiger partial charge is 0.508 e. The van der Waals surface area contributed by atoms with E-state index in [1.807, 2.05) is 0 Å². The number of hydrogen-bond acceptors (Lipinski definition) is 16. The van der Waals surface area contributed by atoms with Gasteiger partial charge >= 0.3 is 11.9 Å². The average molecular weight is 1040 g/mol. The summed E-state index contributed by atoms with van der Waals surface area (Å²) in [6.45, 7) is 4.68. The molecule has 1 aromatic carbocycles. The summed E-state index contributed by atoms with van der Waals surface area (Å²) < 4.78 is 0. The quantitative estimate of drug-likeness (QED) is 0.0308. The van der Waals surface area contributed by atoms with Gasteiger partial charge in [0.25, 0.3) is 0 Å². The van der Waals surface area contributed by atoms with Gasteiger partial charge in [0, 0.05) is 19.3 Å². The zero-order chi connectivity index (χ0) is 54.8. The SMILES string of the molecule is CSCC[C@H](NC(=O)[C@H](Cc1ccc(O)cc1)NC(=O)[C@@H](NC(=O)[C@H](CCC(=O)O)NC(=O)[C@H](CO)NC(=O)[C@@H](N)CCC(N)=O)C(C)C)C(=O)NCC(=O)N[C@@H](CC(N)=O)C(=O)N[C@@H](CC(C)C)C(=O)O. The van der Waals surface area contributed by atoms with E-state index in [1.54, 1.807) is 20.1 Å². The standard InChI is InChI=1S/C44H69N11O16S/c1-21(2)16-30(44(70)71)53-41(67)29(18-33(47)59)49-34(60)19-48-38(64)27(14-15-72-5)51-40(66)28(17-23-6-8-24(57)9-7-23)52-43(69)36(22(3)4)55-39(65)26(11-13-35(61)62)50-42(68)31(20-56)54-37(63)25(45)10-12-32(46)58/h6-9,21-22,25-31,36,56-57H,10-20,45H2,1-5H3,(H2,46,58)(H2,47,59)(H,48,64)(H,49,60)(H,50,68)(H,51,66)(H,52,69)(H,53,67)(H,54,63)(H,55,65)(H,61,62)(H,70,71)/t25-,26-,27-,28-,29-,30-,31-,36-/m0/s1. The van der Waals surface area contributed by atoms with E-state index in [0.717, 1.165) is 0 Å². The molecule has 1 aromatic rings. The molecule has 28 heteroatoms. The van der Waals surface area contributed by atoms with Crippen LogP contribution in [0.4, 0.5) is 0 Å². The van der Waals surface area contributed by atoms with Crippen LogP contribution >= 0.6 is 11.8 Å². The molecule has 0 aliphatic heterocycles. The second kappa shape index (κ2) is 32.0. The number of thioether (sulfide) groups is 1. The molecule has 0 aromatic heterocycles. The molecule has 0 unspecified atom stereocenters. The molecule has 0 fully saturated rings. The summed E-state index contributed by atoms with van der Waals surface area (Å²) in [5.41, 5.74) is 16.5. The highest BCUT2D eigenvalue weighted by Gasteiger charge is 2.35. The van der Waals surface area contributed by atoms with E-state index in [0.29, 0.717) is 11.3 Å². The molecular weight excluding hydrogens is 971 g/mol. The summed E-state index contributed by atoms with van der Waals surface area (Å²) >= 11 is 1.30. The third kappa shape index (κ3) is 24.2. The van der Waals surface area contributed by atoms with Crippen molar-refractivity contribution in [1.82, 2.24) is 42.5 Å². The van der Waals surface area contributed by atoms with Gasteiger partial charge in [0.2, 0.25) is 59.1 Å². The number of aromatic hydroxyl groups is 1. The Labute approximate surface area is 419 Å². The van der Waals surface area contributed by atoms with Gasteiger partial charge in [-0.2, -0.15) is 11.8 Å². The van der Waals surface area contributed by atoms with Gasteiger partial charge in [-0.15, -0.1) is 0 Å². The van der Waals surface area contributed by atoms with Crippen molar-refractivity contribution in [2.24, 2.45) is 29.0 Å². The molecule has 8 atom stereocenters. The van der Waals surface area contributed by atoms with Crippen LogP contribution in [0.25, 0.3) is 0 Å². The minimum Gasteiger partial charge on any atom is -0.508 e. The number of carbonyl (C=O) groups is 12. The Morgan fingerprint density at radius 3 is 1.64 bits per heavy atom. The number of carboxylic acid groups (broad SMARTS) is 2.